The maximum absolute atomic E-state index is 5.90. The fourth-order valence-corrected chi connectivity index (χ4v) is 2.54. The highest BCUT2D eigenvalue weighted by Gasteiger charge is 2.21. The smallest absolute Gasteiger partial charge is 0.229 e. The third kappa shape index (κ3) is 4.56. The molecule has 1 aliphatic carbocycles. The lowest BCUT2D eigenvalue weighted by Crippen LogP contribution is -2.35. The number of hydrogen-bond donors (Lipinski definition) is 1. The van der Waals surface area contributed by atoms with Crippen molar-refractivity contribution in [2.75, 3.05) is 6.54 Å². The zero-order chi connectivity index (χ0) is 14.4. The molecule has 0 aliphatic heterocycles. The zero-order valence-electron chi connectivity index (χ0n) is 12.9. The summed E-state index contributed by atoms with van der Waals surface area (Å²) in [4.78, 5) is 4.33. The largest absolute Gasteiger partial charge is 0.370 e. The second kappa shape index (κ2) is 7.74. The average molecular weight is 281 g/mol. The zero-order valence-corrected chi connectivity index (χ0v) is 12.9. The Hall–Kier alpha value is -0.940. The Balaban J connectivity index is 1.67. The Kier molecular flexibility index (Phi) is 5.98. The van der Waals surface area contributed by atoms with E-state index in [0.29, 0.717) is 30.5 Å². The van der Waals surface area contributed by atoms with Gasteiger partial charge in [-0.05, 0) is 38.6 Å². The predicted octanol–water partition coefficient (Wildman–Crippen LogP) is 3.02. The van der Waals surface area contributed by atoms with Gasteiger partial charge in [0.05, 0.1) is 6.10 Å². The van der Waals surface area contributed by atoms with Crippen LogP contribution in [0, 0.1) is 0 Å². The van der Waals surface area contributed by atoms with Crippen molar-refractivity contribution in [1.29, 1.82) is 0 Å². The van der Waals surface area contributed by atoms with Gasteiger partial charge in [-0.25, -0.2) is 0 Å². The second-order valence-corrected chi connectivity index (χ2v) is 5.94. The van der Waals surface area contributed by atoms with Crippen LogP contribution < -0.4 is 5.32 Å². The van der Waals surface area contributed by atoms with Crippen LogP contribution in [0.3, 0.4) is 0 Å². The van der Waals surface area contributed by atoms with Crippen molar-refractivity contribution in [2.24, 2.45) is 0 Å². The van der Waals surface area contributed by atoms with Gasteiger partial charge in [0.25, 0.3) is 0 Å². The summed E-state index contributed by atoms with van der Waals surface area (Å²) in [5, 5.41) is 7.54. The minimum absolute atomic E-state index is 0.274. The van der Waals surface area contributed by atoms with Crippen LogP contribution in [0.2, 0.25) is 0 Å². The van der Waals surface area contributed by atoms with Gasteiger partial charge in [-0.15, -0.1) is 0 Å². The number of rotatable bonds is 7. The SMILES string of the molecule is CCCNC1CCC(OCc2noc(C(C)C)n2)CC1. The highest BCUT2D eigenvalue weighted by molar-refractivity contribution is 4.89. The van der Waals surface area contributed by atoms with Gasteiger partial charge >= 0.3 is 0 Å². The van der Waals surface area contributed by atoms with E-state index in [0.717, 1.165) is 19.4 Å². The molecule has 0 radical (unpaired) electrons. The van der Waals surface area contributed by atoms with E-state index in [1.54, 1.807) is 0 Å². The molecule has 114 valence electrons. The van der Waals surface area contributed by atoms with Crippen LogP contribution >= 0.6 is 0 Å². The molecular formula is C15H27N3O2. The molecule has 0 spiro atoms. The molecule has 1 aromatic heterocycles. The van der Waals surface area contributed by atoms with Crippen LogP contribution in [0.1, 0.15) is 70.5 Å². The molecular weight excluding hydrogens is 254 g/mol. The summed E-state index contributed by atoms with van der Waals surface area (Å²) < 4.78 is 11.1. The number of ether oxygens (including phenoxy) is 1. The molecule has 0 amide bonds. The lowest BCUT2D eigenvalue weighted by molar-refractivity contribution is 0.00747. The highest BCUT2D eigenvalue weighted by atomic mass is 16.5. The summed E-state index contributed by atoms with van der Waals surface area (Å²) in [7, 11) is 0. The van der Waals surface area contributed by atoms with Gasteiger partial charge in [0.1, 0.15) is 6.61 Å². The van der Waals surface area contributed by atoms with Crippen LogP contribution in [0.15, 0.2) is 4.52 Å². The lowest BCUT2D eigenvalue weighted by Gasteiger charge is -2.28. The van der Waals surface area contributed by atoms with Gasteiger partial charge in [-0.1, -0.05) is 25.9 Å². The Morgan fingerprint density at radius 3 is 2.65 bits per heavy atom. The molecule has 1 fully saturated rings. The van der Waals surface area contributed by atoms with E-state index < -0.39 is 0 Å². The van der Waals surface area contributed by atoms with E-state index in [1.165, 1.54) is 19.3 Å². The van der Waals surface area contributed by atoms with Crippen LogP contribution in [-0.4, -0.2) is 28.8 Å². The predicted molar refractivity (Wildman–Crippen MR) is 77.5 cm³/mol. The van der Waals surface area contributed by atoms with E-state index in [9.17, 15) is 0 Å². The van der Waals surface area contributed by atoms with Gasteiger partial charge < -0.3 is 14.6 Å². The topological polar surface area (TPSA) is 60.2 Å². The number of nitrogens with zero attached hydrogens (tertiary/aromatic N) is 2. The van der Waals surface area contributed by atoms with Crippen LogP contribution in [0.5, 0.6) is 0 Å². The molecule has 0 aromatic carbocycles. The minimum atomic E-state index is 0.274. The monoisotopic (exact) mass is 281 g/mol. The molecule has 0 saturated heterocycles. The molecule has 1 saturated carbocycles. The molecule has 5 nitrogen and oxygen atoms in total. The van der Waals surface area contributed by atoms with E-state index in [1.807, 2.05) is 13.8 Å². The summed E-state index contributed by atoms with van der Waals surface area (Å²) in [6, 6.07) is 0.674. The fraction of sp³-hybridized carbons (Fsp3) is 0.867. The molecule has 0 unspecified atom stereocenters. The number of aromatic nitrogens is 2. The van der Waals surface area contributed by atoms with Gasteiger partial charge in [0, 0.05) is 12.0 Å². The van der Waals surface area contributed by atoms with Gasteiger partial charge in [-0.2, -0.15) is 4.98 Å². The first kappa shape index (κ1) is 15.4. The maximum atomic E-state index is 5.90. The molecule has 0 bridgehead atoms. The van der Waals surface area contributed by atoms with Crippen molar-refractivity contribution in [3.63, 3.8) is 0 Å². The van der Waals surface area contributed by atoms with Gasteiger partial charge in [0.15, 0.2) is 5.82 Å². The Bertz CT molecular complexity index is 384. The highest BCUT2D eigenvalue weighted by Crippen LogP contribution is 2.22. The minimum Gasteiger partial charge on any atom is -0.370 e. The third-order valence-corrected chi connectivity index (χ3v) is 3.78. The average Bonchev–Trinajstić information content (AvgIpc) is 2.93. The van der Waals surface area contributed by atoms with Crippen LogP contribution in [-0.2, 0) is 11.3 Å². The molecule has 0 atom stereocenters. The van der Waals surface area contributed by atoms with Crippen molar-refractivity contribution in [2.45, 2.75) is 77.5 Å². The first-order chi connectivity index (χ1) is 9.69. The third-order valence-electron chi connectivity index (χ3n) is 3.78. The summed E-state index contributed by atoms with van der Waals surface area (Å²) >= 11 is 0. The molecule has 1 aliphatic rings. The summed E-state index contributed by atoms with van der Waals surface area (Å²) in [5.41, 5.74) is 0. The first-order valence-electron chi connectivity index (χ1n) is 7.86. The number of hydrogen-bond acceptors (Lipinski definition) is 5. The van der Waals surface area contributed by atoms with Gasteiger partial charge in [0.2, 0.25) is 5.89 Å². The summed E-state index contributed by atoms with van der Waals surface area (Å²) in [6.07, 6.45) is 6.19. The quantitative estimate of drug-likeness (QED) is 0.832. The van der Waals surface area contributed by atoms with E-state index in [-0.39, 0.29) is 5.92 Å². The van der Waals surface area contributed by atoms with Crippen molar-refractivity contribution in [3.05, 3.63) is 11.7 Å². The van der Waals surface area contributed by atoms with E-state index in [4.69, 9.17) is 9.26 Å². The molecule has 5 heteroatoms. The van der Waals surface area contributed by atoms with Crippen molar-refractivity contribution < 1.29 is 9.26 Å². The number of nitrogens with one attached hydrogen (secondary N) is 1. The maximum Gasteiger partial charge on any atom is 0.229 e. The molecule has 1 N–H and O–H groups in total. The molecule has 2 rings (SSSR count). The molecule has 1 heterocycles. The first-order valence-corrected chi connectivity index (χ1v) is 7.86. The van der Waals surface area contributed by atoms with Gasteiger partial charge in [-0.3, -0.25) is 0 Å². The van der Waals surface area contributed by atoms with E-state index in [2.05, 4.69) is 22.4 Å². The normalized spacial score (nSPS) is 23.4. The Morgan fingerprint density at radius 1 is 1.30 bits per heavy atom. The van der Waals surface area contributed by atoms with Crippen LogP contribution in [0.25, 0.3) is 0 Å². The van der Waals surface area contributed by atoms with Crippen molar-refractivity contribution in [3.8, 4) is 0 Å². The molecule has 20 heavy (non-hydrogen) atoms. The van der Waals surface area contributed by atoms with E-state index >= 15 is 0 Å². The second-order valence-electron chi connectivity index (χ2n) is 5.94. The van der Waals surface area contributed by atoms with Crippen molar-refractivity contribution >= 4 is 0 Å². The fourth-order valence-electron chi connectivity index (χ4n) is 2.54. The summed E-state index contributed by atoms with van der Waals surface area (Å²) in [6.45, 7) is 7.88. The molecule has 1 aromatic rings. The Morgan fingerprint density at radius 2 is 2.05 bits per heavy atom. The standard InChI is InChI=1S/C15H27N3O2/c1-4-9-16-12-5-7-13(8-6-12)19-10-14-17-15(11(2)3)20-18-14/h11-13,16H,4-10H2,1-3H3. The van der Waals surface area contributed by atoms with Crippen molar-refractivity contribution in [1.82, 2.24) is 15.5 Å². The van der Waals surface area contributed by atoms with Crippen LogP contribution in [0.4, 0.5) is 0 Å². The lowest BCUT2D eigenvalue weighted by atomic mass is 9.93. The summed E-state index contributed by atoms with van der Waals surface area (Å²) in [5.74, 6) is 1.63. The Labute approximate surface area is 121 Å².